The van der Waals surface area contributed by atoms with Gasteiger partial charge in [0, 0.05) is 34.3 Å². The van der Waals surface area contributed by atoms with Crippen LogP contribution in [-0.4, -0.2) is 13.0 Å². The lowest BCUT2D eigenvalue weighted by Gasteiger charge is -2.04. The van der Waals surface area contributed by atoms with E-state index < -0.39 is 9.05 Å². The Morgan fingerprint density at radius 1 is 1.20 bits per heavy atom. The highest BCUT2D eigenvalue weighted by atomic mass is 35.7. The lowest BCUT2D eigenvalue weighted by molar-refractivity contribution is 0.597. The Kier molecular flexibility index (Phi) is 4.89. The van der Waals surface area contributed by atoms with E-state index in [9.17, 15) is 8.42 Å². The van der Waals surface area contributed by atoms with Crippen molar-refractivity contribution in [3.8, 4) is 0 Å². The number of rotatable bonds is 7. The Bertz CT molecular complexity index is 704. The zero-order chi connectivity index (χ0) is 14.6. The molecule has 1 aromatic carbocycles. The second-order valence-electron chi connectivity index (χ2n) is 4.78. The molecule has 0 fully saturated rings. The van der Waals surface area contributed by atoms with Crippen LogP contribution in [0.2, 0.25) is 0 Å². The van der Waals surface area contributed by atoms with Crippen LogP contribution in [0, 0.1) is 0 Å². The highest BCUT2D eigenvalue weighted by molar-refractivity contribution is 8.14. The van der Waals surface area contributed by atoms with E-state index in [-0.39, 0.29) is 4.90 Å². The summed E-state index contributed by atoms with van der Waals surface area (Å²) in [6.07, 6.45) is 7.80. The number of unbranched alkanes of at least 4 members (excludes halogenated alkanes) is 3. The molecule has 2 aromatic rings. The van der Waals surface area contributed by atoms with Crippen LogP contribution in [0.3, 0.4) is 0 Å². The van der Waals surface area contributed by atoms with Crippen LogP contribution in [0.25, 0.3) is 10.9 Å². The van der Waals surface area contributed by atoms with Crippen LogP contribution in [0.1, 0.15) is 25.7 Å². The fourth-order valence-electron chi connectivity index (χ4n) is 2.34. The maximum absolute atomic E-state index is 11.6. The van der Waals surface area contributed by atoms with Gasteiger partial charge in [-0.1, -0.05) is 30.7 Å². The van der Waals surface area contributed by atoms with Gasteiger partial charge in [0.1, 0.15) is 4.90 Å². The van der Waals surface area contributed by atoms with E-state index in [1.807, 2.05) is 28.8 Å². The molecule has 0 aliphatic rings. The molecule has 0 N–H and O–H groups in total. The number of halogens is 1. The van der Waals surface area contributed by atoms with Gasteiger partial charge in [-0.3, -0.25) is 0 Å². The molecule has 0 bridgehead atoms. The second kappa shape index (κ2) is 6.46. The van der Waals surface area contributed by atoms with Crippen molar-refractivity contribution in [2.24, 2.45) is 0 Å². The van der Waals surface area contributed by atoms with E-state index in [0.717, 1.165) is 37.7 Å². The fourth-order valence-corrected chi connectivity index (χ4v) is 3.40. The Morgan fingerprint density at radius 2 is 1.95 bits per heavy atom. The van der Waals surface area contributed by atoms with Crippen molar-refractivity contribution >= 4 is 30.6 Å². The lowest BCUT2D eigenvalue weighted by Crippen LogP contribution is -1.96. The summed E-state index contributed by atoms with van der Waals surface area (Å²) in [4.78, 5) is 0.195. The van der Waals surface area contributed by atoms with Gasteiger partial charge in [-0.15, -0.1) is 6.58 Å². The predicted molar refractivity (Wildman–Crippen MR) is 83.6 cm³/mol. The molecule has 1 aromatic heterocycles. The number of hydrogen-bond donors (Lipinski definition) is 0. The molecule has 0 amide bonds. The molecule has 5 heteroatoms. The lowest BCUT2D eigenvalue weighted by atomic mass is 10.2. The van der Waals surface area contributed by atoms with Crippen LogP contribution in [0.4, 0.5) is 0 Å². The molecule has 108 valence electrons. The number of hydrogen-bond acceptors (Lipinski definition) is 2. The molecule has 0 unspecified atom stereocenters. The summed E-state index contributed by atoms with van der Waals surface area (Å²) >= 11 is 0. The van der Waals surface area contributed by atoms with Crippen LogP contribution in [0.5, 0.6) is 0 Å². The second-order valence-corrected chi connectivity index (χ2v) is 7.31. The van der Waals surface area contributed by atoms with E-state index >= 15 is 0 Å². The van der Waals surface area contributed by atoms with Gasteiger partial charge in [-0.25, -0.2) is 8.42 Å². The molecule has 2 rings (SSSR count). The summed E-state index contributed by atoms with van der Waals surface area (Å²) in [6, 6.07) is 7.44. The highest BCUT2D eigenvalue weighted by Gasteiger charge is 2.18. The van der Waals surface area contributed by atoms with Crippen molar-refractivity contribution in [1.82, 2.24) is 4.57 Å². The van der Waals surface area contributed by atoms with Crippen LogP contribution in [0.15, 0.2) is 48.0 Å². The van der Waals surface area contributed by atoms with E-state index in [0.29, 0.717) is 5.39 Å². The molecule has 0 saturated heterocycles. The molecular formula is C15H18ClNO2S. The molecule has 0 spiro atoms. The van der Waals surface area contributed by atoms with Crippen molar-refractivity contribution in [1.29, 1.82) is 0 Å². The number of benzene rings is 1. The highest BCUT2D eigenvalue weighted by Crippen LogP contribution is 2.28. The van der Waals surface area contributed by atoms with E-state index in [2.05, 4.69) is 6.58 Å². The largest absolute Gasteiger partial charge is 0.346 e. The molecule has 0 atom stereocenters. The van der Waals surface area contributed by atoms with E-state index in [1.165, 1.54) is 0 Å². The summed E-state index contributed by atoms with van der Waals surface area (Å²) in [7, 11) is 1.79. The third-order valence-corrected chi connectivity index (χ3v) is 4.67. The first-order chi connectivity index (χ1) is 9.54. The molecule has 1 heterocycles. The van der Waals surface area contributed by atoms with Gasteiger partial charge in [0.2, 0.25) is 0 Å². The Labute approximate surface area is 124 Å². The topological polar surface area (TPSA) is 39.1 Å². The zero-order valence-corrected chi connectivity index (χ0v) is 12.8. The third kappa shape index (κ3) is 3.44. The minimum absolute atomic E-state index is 0.195. The number of allylic oxidation sites excluding steroid dienone is 1. The van der Waals surface area contributed by atoms with E-state index in [1.54, 1.807) is 12.3 Å². The number of fused-ring (bicyclic) bond motifs is 1. The van der Waals surface area contributed by atoms with Crippen molar-refractivity contribution in [3.05, 3.63) is 43.1 Å². The van der Waals surface area contributed by atoms with E-state index in [4.69, 9.17) is 10.7 Å². The molecule has 0 aliphatic heterocycles. The Balaban J connectivity index is 2.23. The summed E-state index contributed by atoms with van der Waals surface area (Å²) < 4.78 is 25.2. The van der Waals surface area contributed by atoms with Crippen LogP contribution < -0.4 is 0 Å². The maximum atomic E-state index is 11.6. The quantitative estimate of drug-likeness (QED) is 0.434. The molecular weight excluding hydrogens is 294 g/mol. The minimum atomic E-state index is -3.71. The fraction of sp³-hybridized carbons (Fsp3) is 0.333. The average molecular weight is 312 g/mol. The van der Waals surface area contributed by atoms with Gasteiger partial charge in [-0.05, 0) is 25.3 Å². The molecule has 3 nitrogen and oxygen atoms in total. The molecule has 0 saturated carbocycles. The molecule has 20 heavy (non-hydrogen) atoms. The first kappa shape index (κ1) is 15.1. The van der Waals surface area contributed by atoms with Gasteiger partial charge in [0.25, 0.3) is 9.05 Å². The normalized spacial score (nSPS) is 11.8. The van der Waals surface area contributed by atoms with Gasteiger partial charge in [0.05, 0.1) is 0 Å². The van der Waals surface area contributed by atoms with Crippen molar-refractivity contribution < 1.29 is 8.42 Å². The van der Waals surface area contributed by atoms with Crippen LogP contribution in [-0.2, 0) is 15.6 Å². The summed E-state index contributed by atoms with van der Waals surface area (Å²) in [5, 5.41) is 0.689. The Hall–Kier alpha value is -1.26. The Morgan fingerprint density at radius 3 is 2.65 bits per heavy atom. The van der Waals surface area contributed by atoms with Gasteiger partial charge in [0.15, 0.2) is 0 Å². The average Bonchev–Trinajstić information content (AvgIpc) is 2.78. The monoisotopic (exact) mass is 311 g/mol. The standard InChI is InChI=1S/C15H18ClNO2S/c1-2-3-4-5-8-11-17-12-15(20(16,18)19)13-9-6-7-10-14(13)17/h2,6-7,9-10,12H,1,3-5,8,11H2. The maximum Gasteiger partial charge on any atom is 0.263 e. The van der Waals surface area contributed by atoms with Crippen LogP contribution >= 0.6 is 10.7 Å². The molecule has 0 aliphatic carbocycles. The minimum Gasteiger partial charge on any atom is -0.346 e. The third-order valence-electron chi connectivity index (χ3n) is 3.32. The van der Waals surface area contributed by atoms with Crippen molar-refractivity contribution in [2.45, 2.75) is 37.1 Å². The summed E-state index contributed by atoms with van der Waals surface area (Å²) in [5.74, 6) is 0. The number of aromatic nitrogens is 1. The summed E-state index contributed by atoms with van der Waals surface area (Å²) in [6.45, 7) is 4.50. The number of para-hydroxylation sites is 1. The van der Waals surface area contributed by atoms with Gasteiger partial charge in [-0.2, -0.15) is 0 Å². The zero-order valence-electron chi connectivity index (χ0n) is 11.3. The smallest absolute Gasteiger partial charge is 0.263 e. The first-order valence-corrected chi connectivity index (χ1v) is 8.98. The SMILES string of the molecule is C=CCCCCCn1cc(S(=O)(=O)Cl)c2ccccc21. The van der Waals surface area contributed by atoms with Gasteiger partial charge >= 0.3 is 0 Å². The van der Waals surface area contributed by atoms with Gasteiger partial charge < -0.3 is 4.57 Å². The number of nitrogens with zero attached hydrogens (tertiary/aromatic N) is 1. The first-order valence-electron chi connectivity index (χ1n) is 6.67. The number of aryl methyl sites for hydroxylation is 1. The summed E-state index contributed by atoms with van der Waals surface area (Å²) in [5.41, 5.74) is 0.912. The van der Waals surface area contributed by atoms with Crippen molar-refractivity contribution in [3.63, 3.8) is 0 Å². The predicted octanol–water partition coefficient (Wildman–Crippen LogP) is 4.32. The molecule has 0 radical (unpaired) electrons. The van der Waals surface area contributed by atoms with Crippen molar-refractivity contribution in [2.75, 3.05) is 0 Å².